The zero-order valence-electron chi connectivity index (χ0n) is 10.8. The third kappa shape index (κ3) is 5.68. The maximum absolute atomic E-state index is 5.84. The Kier molecular flexibility index (Phi) is 4.93. The molecule has 0 aliphatic heterocycles. The summed E-state index contributed by atoms with van der Waals surface area (Å²) in [5.74, 6) is 1.03. The summed E-state index contributed by atoms with van der Waals surface area (Å²) in [5, 5.41) is 6.45. The van der Waals surface area contributed by atoms with Gasteiger partial charge in [-0.05, 0) is 23.4 Å². The summed E-state index contributed by atoms with van der Waals surface area (Å²) in [7, 11) is 0. The van der Waals surface area contributed by atoms with Gasteiger partial charge in [-0.25, -0.2) is 0 Å². The second-order valence-corrected chi connectivity index (χ2v) is 5.43. The topological polar surface area (TPSA) is 62.7 Å². The number of aromatic nitrogens is 3. The lowest BCUT2D eigenvalue weighted by Gasteiger charge is -2.18. The van der Waals surface area contributed by atoms with Gasteiger partial charge in [0, 0.05) is 13.1 Å². The number of nitrogens with one attached hydrogen (secondary N) is 2. The summed E-state index contributed by atoms with van der Waals surface area (Å²) in [6.45, 7) is 10.1. The molecular weight excluding hydrogens is 238 g/mol. The van der Waals surface area contributed by atoms with E-state index in [4.69, 9.17) is 11.6 Å². The second kappa shape index (κ2) is 6.00. The molecule has 1 heterocycles. The minimum atomic E-state index is 0.163. The minimum absolute atomic E-state index is 0.163. The summed E-state index contributed by atoms with van der Waals surface area (Å²) >= 11 is 5.84. The van der Waals surface area contributed by atoms with E-state index in [1.54, 1.807) is 0 Å². The molecule has 0 unspecified atom stereocenters. The van der Waals surface area contributed by atoms with Crippen LogP contribution in [0.4, 0.5) is 11.9 Å². The zero-order valence-corrected chi connectivity index (χ0v) is 11.6. The summed E-state index contributed by atoms with van der Waals surface area (Å²) in [5.41, 5.74) is 0.163. The normalized spacial score (nSPS) is 11.4. The molecule has 0 aliphatic carbocycles. The summed E-state index contributed by atoms with van der Waals surface area (Å²) < 4.78 is 0. The maximum atomic E-state index is 5.84. The minimum Gasteiger partial charge on any atom is -0.354 e. The fourth-order valence-electron chi connectivity index (χ4n) is 1.09. The zero-order chi connectivity index (χ0) is 12.9. The first-order valence-corrected chi connectivity index (χ1v) is 6.18. The van der Waals surface area contributed by atoms with E-state index >= 15 is 0 Å². The van der Waals surface area contributed by atoms with E-state index in [9.17, 15) is 0 Å². The van der Waals surface area contributed by atoms with Gasteiger partial charge in [0.15, 0.2) is 0 Å². The largest absolute Gasteiger partial charge is 0.354 e. The Bertz CT molecular complexity index is 361. The van der Waals surface area contributed by atoms with Gasteiger partial charge in [-0.3, -0.25) is 0 Å². The highest BCUT2D eigenvalue weighted by molar-refractivity contribution is 6.28. The molecule has 6 heteroatoms. The molecule has 0 bridgehead atoms. The quantitative estimate of drug-likeness (QED) is 0.849. The average Bonchev–Trinajstić information content (AvgIpc) is 2.22. The molecule has 5 nitrogen and oxygen atoms in total. The molecule has 0 atom stereocenters. The summed E-state index contributed by atoms with van der Waals surface area (Å²) in [4.78, 5) is 12.3. The lowest BCUT2D eigenvalue weighted by atomic mass is 9.97. The number of anilines is 2. The molecular formula is C11H20ClN5. The van der Waals surface area contributed by atoms with Gasteiger partial charge in [0.25, 0.3) is 0 Å². The van der Waals surface area contributed by atoms with E-state index in [-0.39, 0.29) is 10.7 Å². The Balaban J connectivity index is 2.68. The molecule has 17 heavy (non-hydrogen) atoms. The highest BCUT2D eigenvalue weighted by Crippen LogP contribution is 2.15. The highest BCUT2D eigenvalue weighted by Gasteiger charge is 2.11. The summed E-state index contributed by atoms with van der Waals surface area (Å²) in [6.07, 6.45) is 1.01. The second-order valence-electron chi connectivity index (χ2n) is 5.09. The molecule has 0 amide bonds. The Morgan fingerprint density at radius 1 is 1.06 bits per heavy atom. The first-order valence-electron chi connectivity index (χ1n) is 5.80. The molecule has 1 rings (SSSR count). The van der Waals surface area contributed by atoms with Crippen LogP contribution in [0.25, 0.3) is 0 Å². The predicted molar refractivity (Wildman–Crippen MR) is 71.6 cm³/mol. The van der Waals surface area contributed by atoms with Crippen molar-refractivity contribution in [1.29, 1.82) is 0 Å². The number of rotatable bonds is 5. The van der Waals surface area contributed by atoms with E-state index in [0.717, 1.165) is 19.5 Å². The van der Waals surface area contributed by atoms with Crippen LogP contribution >= 0.6 is 11.6 Å². The Labute approximate surface area is 107 Å². The van der Waals surface area contributed by atoms with Crippen LogP contribution in [0.3, 0.4) is 0 Å². The molecule has 0 aliphatic rings. The first-order chi connectivity index (χ1) is 7.90. The fourth-order valence-corrected chi connectivity index (χ4v) is 1.25. The molecule has 2 N–H and O–H groups in total. The van der Waals surface area contributed by atoms with Crippen molar-refractivity contribution in [3.8, 4) is 0 Å². The molecule has 96 valence electrons. The van der Waals surface area contributed by atoms with Crippen molar-refractivity contribution >= 4 is 23.5 Å². The SMILES string of the molecule is CCCNc1nc(Cl)nc(NCC(C)(C)C)n1. The van der Waals surface area contributed by atoms with E-state index in [1.807, 2.05) is 0 Å². The van der Waals surface area contributed by atoms with E-state index in [0.29, 0.717) is 11.9 Å². The average molecular weight is 258 g/mol. The van der Waals surface area contributed by atoms with Crippen molar-refractivity contribution in [3.05, 3.63) is 5.28 Å². The van der Waals surface area contributed by atoms with Gasteiger partial charge in [0.2, 0.25) is 17.2 Å². The number of halogens is 1. The molecule has 1 aromatic rings. The van der Waals surface area contributed by atoms with Gasteiger partial charge in [0.1, 0.15) is 0 Å². The van der Waals surface area contributed by atoms with Crippen molar-refractivity contribution < 1.29 is 0 Å². The molecule has 0 saturated carbocycles. The van der Waals surface area contributed by atoms with Crippen molar-refractivity contribution in [3.63, 3.8) is 0 Å². The van der Waals surface area contributed by atoms with Gasteiger partial charge in [-0.15, -0.1) is 0 Å². The van der Waals surface area contributed by atoms with Crippen molar-refractivity contribution in [2.75, 3.05) is 23.7 Å². The Morgan fingerprint density at radius 3 is 2.18 bits per heavy atom. The van der Waals surface area contributed by atoms with E-state index in [1.165, 1.54) is 0 Å². The van der Waals surface area contributed by atoms with Crippen LogP contribution in [0.1, 0.15) is 34.1 Å². The molecule has 0 spiro atoms. The third-order valence-corrected chi connectivity index (χ3v) is 2.09. The van der Waals surface area contributed by atoms with Gasteiger partial charge in [0.05, 0.1) is 0 Å². The van der Waals surface area contributed by atoms with Crippen LogP contribution in [0.5, 0.6) is 0 Å². The Hall–Kier alpha value is -1.10. The van der Waals surface area contributed by atoms with Crippen LogP contribution in [0.15, 0.2) is 0 Å². The van der Waals surface area contributed by atoms with E-state index < -0.39 is 0 Å². The van der Waals surface area contributed by atoms with Crippen molar-refractivity contribution in [1.82, 2.24) is 15.0 Å². The predicted octanol–water partition coefficient (Wildman–Crippen LogP) is 2.80. The van der Waals surface area contributed by atoms with E-state index in [2.05, 4.69) is 53.3 Å². The van der Waals surface area contributed by atoms with Crippen LogP contribution < -0.4 is 10.6 Å². The van der Waals surface area contributed by atoms with Gasteiger partial charge in [-0.1, -0.05) is 27.7 Å². The maximum Gasteiger partial charge on any atom is 0.228 e. The number of nitrogens with zero attached hydrogens (tertiary/aromatic N) is 3. The standard InChI is InChI=1S/C11H20ClN5/c1-5-6-13-9-15-8(12)16-10(17-9)14-7-11(2,3)4/h5-7H2,1-4H3,(H2,13,14,15,16,17). The highest BCUT2D eigenvalue weighted by atomic mass is 35.5. The van der Waals surface area contributed by atoms with Crippen LogP contribution in [-0.4, -0.2) is 28.0 Å². The van der Waals surface area contributed by atoms with Crippen molar-refractivity contribution in [2.45, 2.75) is 34.1 Å². The lowest BCUT2D eigenvalue weighted by Crippen LogP contribution is -2.20. The summed E-state index contributed by atoms with van der Waals surface area (Å²) in [6, 6.07) is 0. The molecule has 1 aromatic heterocycles. The monoisotopic (exact) mass is 257 g/mol. The Morgan fingerprint density at radius 2 is 1.65 bits per heavy atom. The molecule has 0 fully saturated rings. The number of hydrogen-bond donors (Lipinski definition) is 2. The van der Waals surface area contributed by atoms with Gasteiger partial charge >= 0.3 is 0 Å². The smallest absolute Gasteiger partial charge is 0.228 e. The molecule has 0 aromatic carbocycles. The van der Waals surface area contributed by atoms with Crippen LogP contribution in [0.2, 0.25) is 5.28 Å². The van der Waals surface area contributed by atoms with Gasteiger partial charge < -0.3 is 10.6 Å². The number of hydrogen-bond acceptors (Lipinski definition) is 5. The van der Waals surface area contributed by atoms with Crippen molar-refractivity contribution in [2.24, 2.45) is 5.41 Å². The van der Waals surface area contributed by atoms with Gasteiger partial charge in [-0.2, -0.15) is 15.0 Å². The lowest BCUT2D eigenvalue weighted by molar-refractivity contribution is 0.441. The first kappa shape index (κ1) is 14.0. The molecule has 0 saturated heterocycles. The van der Waals surface area contributed by atoms with Crippen LogP contribution in [0, 0.1) is 5.41 Å². The molecule has 0 radical (unpaired) electrons. The fraction of sp³-hybridized carbons (Fsp3) is 0.727. The third-order valence-electron chi connectivity index (χ3n) is 1.92. The van der Waals surface area contributed by atoms with Crippen LogP contribution in [-0.2, 0) is 0 Å².